The minimum atomic E-state index is -1.02. The van der Waals surface area contributed by atoms with Crippen LogP contribution in [0.4, 0.5) is 15.1 Å². The minimum absolute atomic E-state index is 0.355. The summed E-state index contributed by atoms with van der Waals surface area (Å²) in [6.45, 7) is 2.96. The van der Waals surface area contributed by atoms with Crippen molar-refractivity contribution in [1.29, 1.82) is 0 Å². The monoisotopic (exact) mass is 316 g/mol. The Morgan fingerprint density at radius 1 is 1.43 bits per heavy atom. The predicted octanol–water partition coefficient (Wildman–Crippen LogP) is 2.67. The summed E-state index contributed by atoms with van der Waals surface area (Å²) in [6.07, 6.45) is 1.27. The van der Waals surface area contributed by atoms with E-state index in [-0.39, 0.29) is 5.82 Å². The zero-order valence-electron chi connectivity index (χ0n) is 12.7. The highest BCUT2D eigenvalue weighted by atomic mass is 19.1. The summed E-state index contributed by atoms with van der Waals surface area (Å²) in [4.78, 5) is 21.7. The highest BCUT2D eigenvalue weighted by Gasteiger charge is 2.33. The Morgan fingerprint density at radius 3 is 2.83 bits per heavy atom. The molecule has 0 radical (unpaired) electrons. The van der Waals surface area contributed by atoms with Crippen LogP contribution < -0.4 is 5.32 Å². The van der Waals surface area contributed by atoms with Crippen molar-refractivity contribution < 1.29 is 14.3 Å². The van der Waals surface area contributed by atoms with Gasteiger partial charge in [0.05, 0.1) is 5.69 Å². The molecule has 0 spiro atoms. The minimum Gasteiger partial charge on any atom is -0.465 e. The third-order valence-corrected chi connectivity index (χ3v) is 3.86. The summed E-state index contributed by atoms with van der Waals surface area (Å²) in [6, 6.07) is 5.30. The summed E-state index contributed by atoms with van der Waals surface area (Å²) >= 11 is 0. The molecule has 120 valence electrons. The van der Waals surface area contributed by atoms with Gasteiger partial charge in [-0.15, -0.1) is 0 Å². The third-order valence-electron chi connectivity index (χ3n) is 3.86. The fraction of sp³-hybridized carbons (Fsp3) is 0.312. The van der Waals surface area contributed by atoms with Crippen molar-refractivity contribution in [3.63, 3.8) is 0 Å². The van der Waals surface area contributed by atoms with E-state index in [1.165, 1.54) is 17.0 Å². The fourth-order valence-electron chi connectivity index (χ4n) is 2.80. The van der Waals surface area contributed by atoms with E-state index in [9.17, 15) is 14.3 Å². The number of anilines is 1. The maximum absolute atomic E-state index is 13.2. The molecule has 6 nitrogen and oxygen atoms in total. The van der Waals surface area contributed by atoms with E-state index >= 15 is 0 Å². The Labute approximate surface area is 133 Å². The van der Waals surface area contributed by atoms with E-state index in [0.29, 0.717) is 36.7 Å². The molecule has 1 aromatic heterocycles. The number of benzene rings is 1. The largest absolute Gasteiger partial charge is 0.465 e. The van der Waals surface area contributed by atoms with Gasteiger partial charge in [-0.1, -0.05) is 12.1 Å². The first-order valence-corrected chi connectivity index (χ1v) is 7.45. The van der Waals surface area contributed by atoms with Crippen molar-refractivity contribution in [3.8, 4) is 0 Å². The number of carbonyl (C=O) groups is 1. The van der Waals surface area contributed by atoms with Crippen molar-refractivity contribution in [2.45, 2.75) is 19.4 Å². The van der Waals surface area contributed by atoms with Gasteiger partial charge in [0.1, 0.15) is 11.9 Å². The molecule has 0 saturated carbocycles. The van der Waals surface area contributed by atoms with Crippen LogP contribution in [0.25, 0.3) is 0 Å². The van der Waals surface area contributed by atoms with E-state index in [1.807, 2.05) is 6.92 Å². The van der Waals surface area contributed by atoms with Gasteiger partial charge < -0.3 is 10.4 Å². The van der Waals surface area contributed by atoms with E-state index in [1.54, 1.807) is 18.3 Å². The Kier molecular flexibility index (Phi) is 4.10. The molecule has 2 N–H and O–H groups in total. The van der Waals surface area contributed by atoms with Crippen LogP contribution in [0.5, 0.6) is 0 Å². The molecular weight excluding hydrogens is 299 g/mol. The number of halogens is 1. The summed E-state index contributed by atoms with van der Waals surface area (Å²) < 4.78 is 13.2. The van der Waals surface area contributed by atoms with Gasteiger partial charge in [0, 0.05) is 19.3 Å². The van der Waals surface area contributed by atoms with E-state index < -0.39 is 12.1 Å². The molecule has 23 heavy (non-hydrogen) atoms. The molecule has 0 aliphatic carbocycles. The van der Waals surface area contributed by atoms with Crippen molar-refractivity contribution in [3.05, 3.63) is 53.1 Å². The number of rotatable bonds is 3. The Morgan fingerprint density at radius 2 is 2.17 bits per heavy atom. The molecule has 1 atom stereocenters. The molecule has 1 aliphatic rings. The van der Waals surface area contributed by atoms with Gasteiger partial charge in [-0.05, 0) is 36.6 Å². The molecule has 1 aromatic carbocycles. The van der Waals surface area contributed by atoms with Crippen LogP contribution in [-0.4, -0.2) is 39.2 Å². The standard InChI is InChI=1S/C16H17FN4O2/c1-2-18-15-19-9-11-7-8-21(16(22)23)14(13(11)20-15)10-3-5-12(17)6-4-10/h3-6,9,14H,2,7-8H2,1H3,(H,22,23)(H,18,19,20). The Balaban J connectivity index is 2.10. The smallest absolute Gasteiger partial charge is 0.408 e. The van der Waals surface area contributed by atoms with Gasteiger partial charge in [0.2, 0.25) is 5.95 Å². The number of nitrogens with zero attached hydrogens (tertiary/aromatic N) is 3. The van der Waals surface area contributed by atoms with Crippen molar-refractivity contribution in [2.75, 3.05) is 18.4 Å². The number of hydrogen-bond acceptors (Lipinski definition) is 4. The Bertz CT molecular complexity index is 721. The van der Waals surface area contributed by atoms with E-state index in [4.69, 9.17) is 0 Å². The number of carboxylic acid groups (broad SMARTS) is 1. The van der Waals surface area contributed by atoms with Crippen LogP contribution >= 0.6 is 0 Å². The van der Waals surface area contributed by atoms with E-state index in [0.717, 1.165) is 5.56 Å². The molecule has 0 fully saturated rings. The maximum atomic E-state index is 13.2. The zero-order valence-corrected chi connectivity index (χ0v) is 12.7. The zero-order chi connectivity index (χ0) is 16.4. The molecule has 0 saturated heterocycles. The normalized spacial score (nSPS) is 16.8. The topological polar surface area (TPSA) is 78.4 Å². The first-order chi connectivity index (χ1) is 11.1. The average molecular weight is 316 g/mol. The lowest BCUT2D eigenvalue weighted by Gasteiger charge is -2.34. The number of amides is 1. The van der Waals surface area contributed by atoms with Gasteiger partial charge in [-0.25, -0.2) is 19.2 Å². The van der Waals surface area contributed by atoms with Crippen LogP contribution in [0.15, 0.2) is 30.5 Å². The van der Waals surface area contributed by atoms with Crippen molar-refractivity contribution in [1.82, 2.24) is 14.9 Å². The van der Waals surface area contributed by atoms with Crippen molar-refractivity contribution in [2.24, 2.45) is 0 Å². The van der Waals surface area contributed by atoms with Gasteiger partial charge >= 0.3 is 6.09 Å². The van der Waals surface area contributed by atoms with Crippen molar-refractivity contribution >= 4 is 12.0 Å². The molecule has 3 rings (SSSR count). The van der Waals surface area contributed by atoms with Crippen LogP contribution in [0.1, 0.15) is 29.8 Å². The van der Waals surface area contributed by atoms with Gasteiger partial charge in [-0.2, -0.15) is 0 Å². The van der Waals surface area contributed by atoms with Crippen LogP contribution in [-0.2, 0) is 6.42 Å². The second-order valence-electron chi connectivity index (χ2n) is 5.31. The number of fused-ring (bicyclic) bond motifs is 1. The van der Waals surface area contributed by atoms with Crippen LogP contribution in [0.3, 0.4) is 0 Å². The first-order valence-electron chi connectivity index (χ1n) is 7.45. The molecule has 0 bridgehead atoms. The van der Waals surface area contributed by atoms with Gasteiger partial charge in [0.15, 0.2) is 0 Å². The summed E-state index contributed by atoms with van der Waals surface area (Å²) in [5.41, 5.74) is 2.26. The van der Waals surface area contributed by atoms with Crippen LogP contribution in [0.2, 0.25) is 0 Å². The highest BCUT2D eigenvalue weighted by Crippen LogP contribution is 2.34. The lowest BCUT2D eigenvalue weighted by Crippen LogP contribution is -2.40. The van der Waals surface area contributed by atoms with Gasteiger partial charge in [0.25, 0.3) is 0 Å². The Hall–Kier alpha value is -2.70. The summed E-state index contributed by atoms with van der Waals surface area (Å²) in [7, 11) is 0. The first kappa shape index (κ1) is 15.2. The summed E-state index contributed by atoms with van der Waals surface area (Å²) in [5.74, 6) is 0.105. The third kappa shape index (κ3) is 2.94. The quantitative estimate of drug-likeness (QED) is 0.910. The molecule has 2 heterocycles. The average Bonchev–Trinajstić information content (AvgIpc) is 2.55. The van der Waals surface area contributed by atoms with Gasteiger partial charge in [-0.3, -0.25) is 4.90 Å². The lowest BCUT2D eigenvalue weighted by atomic mass is 9.93. The number of aromatic nitrogens is 2. The highest BCUT2D eigenvalue weighted by molar-refractivity contribution is 5.67. The second-order valence-corrected chi connectivity index (χ2v) is 5.31. The molecule has 7 heteroatoms. The fourth-order valence-corrected chi connectivity index (χ4v) is 2.80. The molecule has 1 unspecified atom stereocenters. The second kappa shape index (κ2) is 6.20. The molecule has 1 amide bonds. The van der Waals surface area contributed by atoms with Crippen LogP contribution in [0, 0.1) is 5.82 Å². The molecule has 2 aromatic rings. The number of hydrogen-bond donors (Lipinski definition) is 2. The SMILES string of the molecule is CCNc1ncc2c(n1)C(c1ccc(F)cc1)N(C(=O)O)CC2. The summed E-state index contributed by atoms with van der Waals surface area (Å²) in [5, 5.41) is 12.6. The van der Waals surface area contributed by atoms with E-state index in [2.05, 4.69) is 15.3 Å². The maximum Gasteiger partial charge on any atom is 0.408 e. The number of nitrogens with one attached hydrogen (secondary N) is 1. The molecular formula is C16H17FN4O2. The molecule has 1 aliphatic heterocycles. The lowest BCUT2D eigenvalue weighted by molar-refractivity contribution is 0.128. The predicted molar refractivity (Wildman–Crippen MR) is 82.9 cm³/mol.